The van der Waals surface area contributed by atoms with E-state index in [9.17, 15) is 22.4 Å². The summed E-state index contributed by atoms with van der Waals surface area (Å²) in [5, 5.41) is 3.23. The first-order chi connectivity index (χ1) is 9.68. The maximum absolute atomic E-state index is 13.2. The van der Waals surface area contributed by atoms with Crippen LogP contribution in [0.1, 0.15) is 29.8 Å². The highest BCUT2D eigenvalue weighted by Crippen LogP contribution is 2.32. The van der Waals surface area contributed by atoms with Crippen LogP contribution in [0.4, 0.5) is 17.6 Å². The van der Waals surface area contributed by atoms with Crippen molar-refractivity contribution in [1.29, 1.82) is 0 Å². The number of rotatable bonds is 1. The van der Waals surface area contributed by atoms with Gasteiger partial charge in [-0.15, -0.1) is 0 Å². The predicted octanol–water partition coefficient (Wildman–Crippen LogP) is 2.67. The van der Waals surface area contributed by atoms with Gasteiger partial charge in [-0.1, -0.05) is 0 Å². The fourth-order valence-corrected chi connectivity index (χ4v) is 2.55. The number of carbonyl (C=O) groups excluding carboxylic acids is 1. The van der Waals surface area contributed by atoms with Crippen molar-refractivity contribution < 1.29 is 22.4 Å². The standard InChI is InChI=1S/C14H16F4N2O/c1-8-6-20(7-9(2)19-8)13(21)10-3-4-12(15)11(5-10)14(16,17)18/h3-5,8-9,19H,6-7H2,1-2H3/t8-,9-/m1/s1. The number of piperazine rings is 1. The molecule has 1 fully saturated rings. The van der Waals surface area contributed by atoms with Gasteiger partial charge in [0.15, 0.2) is 0 Å². The van der Waals surface area contributed by atoms with Crippen LogP contribution in [0.25, 0.3) is 0 Å². The van der Waals surface area contributed by atoms with Crippen LogP contribution < -0.4 is 5.32 Å². The van der Waals surface area contributed by atoms with Gasteiger partial charge in [0.25, 0.3) is 5.91 Å². The van der Waals surface area contributed by atoms with Gasteiger partial charge in [-0.05, 0) is 32.0 Å². The van der Waals surface area contributed by atoms with Crippen LogP contribution in [-0.2, 0) is 6.18 Å². The normalized spacial score (nSPS) is 23.2. The number of carbonyl (C=O) groups is 1. The van der Waals surface area contributed by atoms with Crippen molar-refractivity contribution in [2.75, 3.05) is 13.1 Å². The molecule has 1 N–H and O–H groups in total. The summed E-state index contributed by atoms with van der Waals surface area (Å²) in [6, 6.07) is 2.46. The van der Waals surface area contributed by atoms with E-state index in [0.29, 0.717) is 25.2 Å². The number of halogens is 4. The van der Waals surface area contributed by atoms with Crippen molar-refractivity contribution in [3.05, 3.63) is 35.1 Å². The summed E-state index contributed by atoms with van der Waals surface area (Å²) in [6.07, 6.45) is -4.82. The van der Waals surface area contributed by atoms with E-state index in [1.165, 1.54) is 4.90 Å². The van der Waals surface area contributed by atoms with Crippen LogP contribution in [0.15, 0.2) is 18.2 Å². The second-order valence-corrected chi connectivity index (χ2v) is 5.37. The molecule has 3 nitrogen and oxygen atoms in total. The molecule has 1 amide bonds. The molecular weight excluding hydrogens is 288 g/mol. The van der Waals surface area contributed by atoms with Gasteiger partial charge in [-0.3, -0.25) is 4.79 Å². The summed E-state index contributed by atoms with van der Waals surface area (Å²) < 4.78 is 51.3. The molecule has 7 heteroatoms. The zero-order valence-corrected chi connectivity index (χ0v) is 11.7. The third-order valence-corrected chi connectivity index (χ3v) is 3.36. The number of nitrogens with zero attached hydrogens (tertiary/aromatic N) is 1. The zero-order chi connectivity index (χ0) is 15.8. The van der Waals surface area contributed by atoms with E-state index in [4.69, 9.17) is 0 Å². The first-order valence-electron chi connectivity index (χ1n) is 6.60. The van der Waals surface area contributed by atoms with E-state index in [1.807, 2.05) is 13.8 Å². The summed E-state index contributed by atoms with van der Waals surface area (Å²) >= 11 is 0. The lowest BCUT2D eigenvalue weighted by Gasteiger charge is -2.36. The third kappa shape index (κ3) is 3.53. The Morgan fingerprint density at radius 3 is 2.33 bits per heavy atom. The number of alkyl halides is 3. The van der Waals surface area contributed by atoms with Crippen molar-refractivity contribution in [2.45, 2.75) is 32.1 Å². The molecule has 1 aromatic rings. The summed E-state index contributed by atoms with van der Waals surface area (Å²) in [4.78, 5) is 13.8. The summed E-state index contributed by atoms with van der Waals surface area (Å²) in [5.41, 5.74) is -1.56. The first kappa shape index (κ1) is 15.8. The minimum Gasteiger partial charge on any atom is -0.336 e. The Morgan fingerprint density at radius 1 is 1.24 bits per heavy atom. The minimum atomic E-state index is -4.82. The van der Waals surface area contributed by atoms with Gasteiger partial charge in [-0.25, -0.2) is 4.39 Å². The fourth-order valence-electron chi connectivity index (χ4n) is 2.55. The highest BCUT2D eigenvalue weighted by molar-refractivity contribution is 5.94. The zero-order valence-electron chi connectivity index (χ0n) is 11.7. The lowest BCUT2D eigenvalue weighted by Crippen LogP contribution is -2.55. The monoisotopic (exact) mass is 304 g/mol. The Morgan fingerprint density at radius 2 is 1.81 bits per heavy atom. The molecule has 116 valence electrons. The molecule has 1 heterocycles. The van der Waals surface area contributed by atoms with Crippen molar-refractivity contribution in [2.24, 2.45) is 0 Å². The van der Waals surface area contributed by atoms with Crippen molar-refractivity contribution in [1.82, 2.24) is 10.2 Å². The van der Waals surface area contributed by atoms with Crippen LogP contribution in [0, 0.1) is 5.82 Å². The van der Waals surface area contributed by atoms with E-state index in [2.05, 4.69) is 5.32 Å². The molecule has 1 aromatic carbocycles. The molecule has 21 heavy (non-hydrogen) atoms. The molecule has 0 bridgehead atoms. The van der Waals surface area contributed by atoms with E-state index in [1.54, 1.807) is 0 Å². The average Bonchev–Trinajstić information content (AvgIpc) is 2.36. The molecule has 1 saturated heterocycles. The minimum absolute atomic E-state index is 0.0558. The molecule has 0 radical (unpaired) electrons. The largest absolute Gasteiger partial charge is 0.419 e. The van der Waals surface area contributed by atoms with Gasteiger partial charge in [0.1, 0.15) is 5.82 Å². The van der Waals surface area contributed by atoms with E-state index >= 15 is 0 Å². The van der Waals surface area contributed by atoms with Gasteiger partial charge in [0, 0.05) is 30.7 Å². The predicted molar refractivity (Wildman–Crippen MR) is 69.4 cm³/mol. The van der Waals surface area contributed by atoms with E-state index in [-0.39, 0.29) is 17.6 Å². The Hall–Kier alpha value is -1.63. The van der Waals surface area contributed by atoms with Crippen LogP contribution >= 0.6 is 0 Å². The smallest absolute Gasteiger partial charge is 0.336 e. The molecule has 0 aromatic heterocycles. The van der Waals surface area contributed by atoms with Crippen molar-refractivity contribution >= 4 is 5.91 Å². The summed E-state index contributed by atoms with van der Waals surface area (Å²) in [7, 11) is 0. The molecule has 0 unspecified atom stereocenters. The second-order valence-electron chi connectivity index (χ2n) is 5.37. The van der Waals surface area contributed by atoms with Crippen molar-refractivity contribution in [3.8, 4) is 0 Å². The van der Waals surface area contributed by atoms with Gasteiger partial charge in [0.2, 0.25) is 0 Å². The fraction of sp³-hybridized carbons (Fsp3) is 0.500. The number of hydrogen-bond acceptors (Lipinski definition) is 2. The molecule has 1 aliphatic rings. The number of benzene rings is 1. The third-order valence-electron chi connectivity index (χ3n) is 3.36. The van der Waals surface area contributed by atoms with E-state index < -0.39 is 23.5 Å². The number of amides is 1. The second kappa shape index (κ2) is 5.63. The lowest BCUT2D eigenvalue weighted by atomic mass is 10.1. The van der Waals surface area contributed by atoms with Crippen molar-refractivity contribution in [3.63, 3.8) is 0 Å². The molecule has 2 rings (SSSR count). The summed E-state index contributed by atoms with van der Waals surface area (Å²) in [6.45, 7) is 4.59. The lowest BCUT2D eigenvalue weighted by molar-refractivity contribution is -0.140. The van der Waals surface area contributed by atoms with Crippen LogP contribution in [-0.4, -0.2) is 36.0 Å². The van der Waals surface area contributed by atoms with Crippen LogP contribution in [0.5, 0.6) is 0 Å². The Balaban J connectivity index is 2.27. The molecule has 1 aliphatic heterocycles. The SMILES string of the molecule is C[C@@H]1CN(C(=O)c2ccc(F)c(C(F)(F)F)c2)C[C@@H](C)N1. The highest BCUT2D eigenvalue weighted by Gasteiger charge is 2.35. The maximum atomic E-state index is 13.2. The molecule has 0 spiro atoms. The molecular formula is C14H16F4N2O. The van der Waals surface area contributed by atoms with Crippen LogP contribution in [0.2, 0.25) is 0 Å². The maximum Gasteiger partial charge on any atom is 0.419 e. The molecule has 2 atom stereocenters. The molecule has 0 saturated carbocycles. The topological polar surface area (TPSA) is 32.3 Å². The Bertz CT molecular complexity index is 534. The van der Waals surface area contributed by atoms with Crippen LogP contribution in [0.3, 0.4) is 0 Å². The van der Waals surface area contributed by atoms with E-state index in [0.717, 1.165) is 6.07 Å². The summed E-state index contributed by atoms with van der Waals surface area (Å²) in [5.74, 6) is -1.89. The van der Waals surface area contributed by atoms with Gasteiger partial charge in [0.05, 0.1) is 5.56 Å². The highest BCUT2D eigenvalue weighted by atomic mass is 19.4. The van der Waals surface area contributed by atoms with Gasteiger partial charge in [-0.2, -0.15) is 13.2 Å². The molecule has 0 aliphatic carbocycles. The quantitative estimate of drug-likeness (QED) is 0.809. The number of nitrogens with one attached hydrogen (secondary N) is 1. The Labute approximate surface area is 119 Å². The van der Waals surface area contributed by atoms with Gasteiger partial charge < -0.3 is 10.2 Å². The average molecular weight is 304 g/mol. The first-order valence-corrected chi connectivity index (χ1v) is 6.60. The van der Waals surface area contributed by atoms with Gasteiger partial charge >= 0.3 is 6.18 Å². The number of hydrogen-bond donors (Lipinski definition) is 1. The Kier molecular flexibility index (Phi) is 4.22.